The van der Waals surface area contributed by atoms with Crippen LogP contribution >= 0.6 is 0 Å². The maximum absolute atomic E-state index is 12.8. The first-order chi connectivity index (χ1) is 32.6. The molecule has 0 radical (unpaired) electrons. The van der Waals surface area contributed by atoms with E-state index in [0.29, 0.717) is 19.4 Å². The summed E-state index contributed by atoms with van der Waals surface area (Å²) in [7, 11) is 0. The number of esters is 2. The van der Waals surface area contributed by atoms with Crippen molar-refractivity contribution in [2.45, 2.75) is 258 Å². The topological polar surface area (TPSA) is 61.8 Å². The average Bonchev–Trinajstić information content (AvgIpc) is 3.32. The number of ether oxygens (including phenoxy) is 3. The van der Waals surface area contributed by atoms with Gasteiger partial charge in [0.25, 0.3) is 0 Å². The Morgan fingerprint density at radius 3 is 1.11 bits per heavy atom. The van der Waals surface area contributed by atoms with Crippen LogP contribution < -0.4 is 0 Å². The van der Waals surface area contributed by atoms with Gasteiger partial charge in [0, 0.05) is 19.4 Å². The highest BCUT2D eigenvalue weighted by Crippen LogP contribution is 2.14. The van der Waals surface area contributed by atoms with Gasteiger partial charge < -0.3 is 14.2 Å². The molecule has 378 valence electrons. The molecule has 0 aromatic heterocycles. The van der Waals surface area contributed by atoms with Crippen LogP contribution in [0.4, 0.5) is 0 Å². The maximum Gasteiger partial charge on any atom is 0.306 e. The van der Waals surface area contributed by atoms with E-state index in [-0.39, 0.29) is 25.2 Å². The van der Waals surface area contributed by atoms with E-state index in [1.54, 1.807) is 0 Å². The molecular weight excluding hydrogens is 813 g/mol. The minimum absolute atomic E-state index is 0.0621. The van der Waals surface area contributed by atoms with Crippen LogP contribution in [0, 0.1) is 0 Å². The zero-order valence-corrected chi connectivity index (χ0v) is 43.4. The van der Waals surface area contributed by atoms with E-state index in [4.69, 9.17) is 14.2 Å². The summed E-state index contributed by atoms with van der Waals surface area (Å²) in [5, 5.41) is 0. The number of rotatable bonds is 50. The smallest absolute Gasteiger partial charge is 0.306 e. The van der Waals surface area contributed by atoms with E-state index >= 15 is 0 Å². The number of hydrogen-bond donors (Lipinski definition) is 0. The minimum Gasteiger partial charge on any atom is -0.462 e. The summed E-state index contributed by atoms with van der Waals surface area (Å²) in [6, 6.07) is 0. The summed E-state index contributed by atoms with van der Waals surface area (Å²) < 4.78 is 17.4. The molecular formula is C61H104O5. The van der Waals surface area contributed by atoms with Gasteiger partial charge in [-0.2, -0.15) is 0 Å². The molecule has 0 amide bonds. The van der Waals surface area contributed by atoms with Crippen molar-refractivity contribution in [3.05, 3.63) is 97.2 Å². The standard InChI is InChI=1S/C61H104O5/c1-4-7-10-13-16-19-22-25-28-30-32-35-38-41-44-47-50-53-56-64-57-59(66-61(63)55-52-49-46-43-40-37-33-27-24-21-18-15-12-9-6-3)58-65-60(62)54-51-48-45-42-39-36-34-31-29-26-23-20-17-14-11-8-5-2/h7-8,10-11,16-17,19-20,25-29,33-34,36,59H,4-6,9,12-15,18,21-24,30-32,35,37-58H2,1-3H3/b10-7-,11-8-,19-16-,20-17-,28-25-,29-26-,33-27-,36-34-. The van der Waals surface area contributed by atoms with Crippen molar-refractivity contribution in [1.82, 2.24) is 0 Å². The van der Waals surface area contributed by atoms with Crippen molar-refractivity contribution in [2.75, 3.05) is 19.8 Å². The Kier molecular flexibility index (Phi) is 53.4. The number of carbonyl (C=O) groups excluding carboxylic acids is 2. The summed E-state index contributed by atoms with van der Waals surface area (Å²) in [5.41, 5.74) is 0. The third-order valence-corrected chi connectivity index (χ3v) is 11.6. The van der Waals surface area contributed by atoms with Crippen LogP contribution in [0.15, 0.2) is 97.2 Å². The molecule has 1 atom stereocenters. The SMILES string of the molecule is CC/C=C\C/C=C\C/C=C\C/C=C\CCCCCCC(=O)OCC(COCCCCCCCCCC/C=C\C/C=C\C/C=C\CC)OC(=O)CCCCCCC/C=C\CCCCCCCC. The number of carbonyl (C=O) groups is 2. The average molecular weight is 917 g/mol. The second-order valence-electron chi connectivity index (χ2n) is 18.1. The van der Waals surface area contributed by atoms with E-state index in [1.165, 1.54) is 103 Å². The summed E-state index contributed by atoms with van der Waals surface area (Å²) in [4.78, 5) is 25.5. The van der Waals surface area contributed by atoms with Crippen molar-refractivity contribution in [2.24, 2.45) is 0 Å². The van der Waals surface area contributed by atoms with Crippen molar-refractivity contribution in [3.8, 4) is 0 Å². The lowest BCUT2D eigenvalue weighted by molar-refractivity contribution is -0.163. The largest absolute Gasteiger partial charge is 0.462 e. The molecule has 0 saturated carbocycles. The van der Waals surface area contributed by atoms with E-state index in [1.807, 2.05) is 0 Å². The number of allylic oxidation sites excluding steroid dienone is 16. The molecule has 0 aromatic carbocycles. The van der Waals surface area contributed by atoms with Crippen molar-refractivity contribution >= 4 is 11.9 Å². The number of hydrogen-bond acceptors (Lipinski definition) is 5. The second-order valence-corrected chi connectivity index (χ2v) is 18.1. The first-order valence-electron chi connectivity index (χ1n) is 27.8. The van der Waals surface area contributed by atoms with Crippen LogP contribution in [0.1, 0.15) is 252 Å². The zero-order valence-electron chi connectivity index (χ0n) is 43.4. The van der Waals surface area contributed by atoms with Crippen LogP contribution in [-0.2, 0) is 23.8 Å². The van der Waals surface area contributed by atoms with Gasteiger partial charge in [-0.25, -0.2) is 0 Å². The molecule has 66 heavy (non-hydrogen) atoms. The summed E-state index contributed by atoms with van der Waals surface area (Å²) in [6.45, 7) is 7.56. The Hall–Kier alpha value is -3.18. The van der Waals surface area contributed by atoms with Crippen molar-refractivity contribution < 1.29 is 23.8 Å². The lowest BCUT2D eigenvalue weighted by atomic mass is 10.1. The first-order valence-corrected chi connectivity index (χ1v) is 27.8. The van der Waals surface area contributed by atoms with Gasteiger partial charge in [0.05, 0.1) is 6.61 Å². The van der Waals surface area contributed by atoms with Gasteiger partial charge in [-0.3, -0.25) is 9.59 Å². The molecule has 1 unspecified atom stereocenters. The van der Waals surface area contributed by atoms with Crippen LogP contribution in [0.2, 0.25) is 0 Å². The summed E-state index contributed by atoms with van der Waals surface area (Å²) in [6.07, 6.45) is 75.6. The van der Waals surface area contributed by atoms with E-state index in [2.05, 4.69) is 118 Å². The Bertz CT molecular complexity index is 1270. The molecule has 0 saturated heterocycles. The van der Waals surface area contributed by atoms with Gasteiger partial charge in [0.15, 0.2) is 6.10 Å². The summed E-state index contributed by atoms with van der Waals surface area (Å²) >= 11 is 0. The fourth-order valence-corrected chi connectivity index (χ4v) is 7.51. The third-order valence-electron chi connectivity index (χ3n) is 11.6. The van der Waals surface area contributed by atoms with E-state index in [0.717, 1.165) is 116 Å². The van der Waals surface area contributed by atoms with Crippen LogP contribution in [0.25, 0.3) is 0 Å². The molecule has 0 aromatic rings. The maximum atomic E-state index is 12.8. The monoisotopic (exact) mass is 917 g/mol. The molecule has 0 aliphatic heterocycles. The predicted molar refractivity (Wildman–Crippen MR) is 288 cm³/mol. The van der Waals surface area contributed by atoms with E-state index < -0.39 is 6.10 Å². The number of unbranched alkanes of at least 4 members (excludes halogenated alkanes) is 23. The Morgan fingerprint density at radius 2 is 0.682 bits per heavy atom. The van der Waals surface area contributed by atoms with E-state index in [9.17, 15) is 9.59 Å². The molecule has 0 rings (SSSR count). The molecule has 0 fully saturated rings. The van der Waals surface area contributed by atoms with Crippen LogP contribution in [0.3, 0.4) is 0 Å². The van der Waals surface area contributed by atoms with Crippen molar-refractivity contribution in [1.29, 1.82) is 0 Å². The van der Waals surface area contributed by atoms with Crippen LogP contribution in [0.5, 0.6) is 0 Å². The summed E-state index contributed by atoms with van der Waals surface area (Å²) in [5.74, 6) is -0.438. The Balaban J connectivity index is 4.35. The van der Waals surface area contributed by atoms with Gasteiger partial charge in [0.2, 0.25) is 0 Å². The highest BCUT2D eigenvalue weighted by Gasteiger charge is 2.17. The first kappa shape index (κ1) is 62.8. The fourth-order valence-electron chi connectivity index (χ4n) is 7.51. The fraction of sp³-hybridized carbons (Fsp3) is 0.705. The second kappa shape index (κ2) is 56.1. The molecule has 0 aliphatic rings. The molecule has 5 nitrogen and oxygen atoms in total. The zero-order chi connectivity index (χ0) is 47.7. The molecule has 0 heterocycles. The van der Waals surface area contributed by atoms with Gasteiger partial charge >= 0.3 is 11.9 Å². The van der Waals surface area contributed by atoms with Crippen molar-refractivity contribution in [3.63, 3.8) is 0 Å². The quantitative estimate of drug-likeness (QED) is 0.0346. The Labute approximate surface area is 409 Å². The molecule has 0 N–H and O–H groups in total. The normalized spacial score (nSPS) is 13.0. The molecule has 0 spiro atoms. The van der Waals surface area contributed by atoms with Gasteiger partial charge in [-0.15, -0.1) is 0 Å². The highest BCUT2D eigenvalue weighted by atomic mass is 16.6. The van der Waals surface area contributed by atoms with Crippen LogP contribution in [-0.4, -0.2) is 37.9 Å². The molecule has 0 bridgehead atoms. The lowest BCUT2D eigenvalue weighted by Crippen LogP contribution is -2.30. The van der Waals surface area contributed by atoms with Gasteiger partial charge in [0.1, 0.15) is 6.61 Å². The lowest BCUT2D eigenvalue weighted by Gasteiger charge is -2.18. The molecule has 5 heteroatoms. The minimum atomic E-state index is -0.560. The van der Waals surface area contributed by atoms with Gasteiger partial charge in [-0.1, -0.05) is 221 Å². The predicted octanol–water partition coefficient (Wildman–Crippen LogP) is 19.0. The molecule has 0 aliphatic carbocycles. The highest BCUT2D eigenvalue weighted by molar-refractivity contribution is 5.70. The Morgan fingerprint density at radius 1 is 0.348 bits per heavy atom. The van der Waals surface area contributed by atoms with Gasteiger partial charge in [-0.05, 0) is 116 Å². The third kappa shape index (κ3) is 53.4.